The summed E-state index contributed by atoms with van der Waals surface area (Å²) in [5.74, 6) is -0.938. The van der Waals surface area contributed by atoms with Gasteiger partial charge in [-0.2, -0.15) is 5.06 Å². The molecule has 0 aromatic heterocycles. The first-order valence-electron chi connectivity index (χ1n) is 10.1. The second kappa shape index (κ2) is 8.50. The van der Waals surface area contributed by atoms with Crippen LogP contribution >= 0.6 is 43.5 Å². The second-order valence-electron chi connectivity index (χ2n) is 9.19. The lowest BCUT2D eigenvalue weighted by atomic mass is 10.0. The van der Waals surface area contributed by atoms with Gasteiger partial charge in [-0.15, -0.1) is 0 Å². The molecular weight excluding hydrogens is 585 g/mol. The lowest BCUT2D eigenvalue weighted by Gasteiger charge is -2.35. The number of carbonyl (C=O) groups excluding carboxylic acids is 2. The van der Waals surface area contributed by atoms with E-state index in [1.807, 2.05) is 0 Å². The number of hydrogen-bond donors (Lipinski definition) is 0. The zero-order valence-corrected chi connectivity index (χ0v) is 22.7. The summed E-state index contributed by atoms with van der Waals surface area (Å²) in [6, 6.07) is 6.11. The number of anilines is 1. The number of ether oxygens (including phenoxy) is 1. The van der Waals surface area contributed by atoms with Gasteiger partial charge in [0.05, 0.1) is 21.7 Å². The van der Waals surface area contributed by atoms with Gasteiger partial charge in [-0.3, -0.25) is 14.4 Å². The highest BCUT2D eigenvalue weighted by Crippen LogP contribution is 2.53. The lowest BCUT2D eigenvalue weighted by molar-refractivity contribution is -0.136. The van der Waals surface area contributed by atoms with Crippen LogP contribution < -0.4 is 9.80 Å². The fourth-order valence-corrected chi connectivity index (χ4v) is 5.91. The fourth-order valence-electron chi connectivity index (χ4n) is 3.40. The summed E-state index contributed by atoms with van der Waals surface area (Å²) in [5.41, 5.74) is -0.385. The first kappa shape index (κ1) is 23.9. The summed E-state index contributed by atoms with van der Waals surface area (Å²) in [6.07, 6.45) is 1.21. The molecule has 1 heterocycles. The number of fused-ring (bicyclic) bond motifs is 1. The molecule has 0 radical (unpaired) electrons. The average molecular weight is 606 g/mol. The van der Waals surface area contributed by atoms with Gasteiger partial charge in [0, 0.05) is 31.0 Å². The molecule has 0 atom stereocenters. The molecule has 2 aromatic rings. The third-order valence-corrected chi connectivity index (χ3v) is 8.85. The summed E-state index contributed by atoms with van der Waals surface area (Å²) < 4.78 is 20.6. The third kappa shape index (κ3) is 4.42. The van der Waals surface area contributed by atoms with E-state index in [0.29, 0.717) is 39.8 Å². The quantitative estimate of drug-likeness (QED) is 0.270. The Bertz CT molecular complexity index is 1130. The predicted octanol–water partition coefficient (Wildman–Crippen LogP) is 6.76. The van der Waals surface area contributed by atoms with Gasteiger partial charge in [0.15, 0.2) is 11.4 Å². The maximum absolute atomic E-state index is 13.8. The first-order chi connectivity index (χ1) is 14.9. The Morgan fingerprint density at radius 2 is 1.97 bits per heavy atom. The van der Waals surface area contributed by atoms with E-state index >= 15 is 0 Å². The molecule has 1 saturated carbocycles. The van der Waals surface area contributed by atoms with Crippen molar-refractivity contribution in [3.8, 4) is 5.75 Å². The monoisotopic (exact) mass is 603 g/mol. The molecule has 1 amide bonds. The van der Waals surface area contributed by atoms with Gasteiger partial charge < -0.3 is 4.74 Å². The molecule has 2 aromatic carbocycles. The van der Waals surface area contributed by atoms with E-state index in [9.17, 15) is 14.0 Å². The van der Waals surface area contributed by atoms with Crippen molar-refractivity contribution in [3.63, 3.8) is 0 Å². The van der Waals surface area contributed by atoms with Gasteiger partial charge in [0.2, 0.25) is 0 Å². The average Bonchev–Trinajstić information content (AvgIpc) is 3.46. The van der Waals surface area contributed by atoms with Gasteiger partial charge in [0.1, 0.15) is 17.3 Å². The SMILES string of the molecule is C[Si](C)(C)CCON1C(=O)C2(CC2)Oc2cc(Br)c(C(=O)c3cc(F)ccc3Cl)c(Br)c21. The number of halogens is 4. The number of benzene rings is 2. The molecule has 0 saturated heterocycles. The number of carbonyl (C=O) groups is 2. The first-order valence-corrected chi connectivity index (χ1v) is 15.8. The van der Waals surface area contributed by atoms with Crippen LogP contribution in [0.4, 0.5) is 10.1 Å². The Labute approximate surface area is 208 Å². The maximum Gasteiger partial charge on any atom is 0.295 e. The van der Waals surface area contributed by atoms with Crippen LogP contribution in [0.1, 0.15) is 28.8 Å². The smallest absolute Gasteiger partial charge is 0.295 e. The number of rotatable bonds is 6. The van der Waals surface area contributed by atoms with Crippen LogP contribution in [0.5, 0.6) is 5.75 Å². The molecule has 2 aliphatic rings. The van der Waals surface area contributed by atoms with Crippen LogP contribution in [0.2, 0.25) is 30.7 Å². The van der Waals surface area contributed by atoms with E-state index in [1.54, 1.807) is 6.07 Å². The van der Waals surface area contributed by atoms with Crippen molar-refractivity contribution in [2.75, 3.05) is 11.7 Å². The highest BCUT2D eigenvalue weighted by molar-refractivity contribution is 9.11. The number of nitrogens with zero attached hydrogens (tertiary/aromatic N) is 1. The Morgan fingerprint density at radius 3 is 2.59 bits per heavy atom. The van der Waals surface area contributed by atoms with Gasteiger partial charge in [-0.25, -0.2) is 4.39 Å². The molecule has 170 valence electrons. The molecule has 0 bridgehead atoms. The van der Waals surface area contributed by atoms with E-state index in [2.05, 4.69) is 51.5 Å². The van der Waals surface area contributed by atoms with E-state index in [1.165, 1.54) is 17.2 Å². The number of ketones is 1. The van der Waals surface area contributed by atoms with E-state index < -0.39 is 25.3 Å². The molecule has 1 spiro atoms. The highest BCUT2D eigenvalue weighted by atomic mass is 79.9. The summed E-state index contributed by atoms with van der Waals surface area (Å²) in [5, 5.41) is 1.38. The Balaban J connectivity index is 1.79. The summed E-state index contributed by atoms with van der Waals surface area (Å²) >= 11 is 13.1. The minimum atomic E-state index is -1.40. The van der Waals surface area contributed by atoms with Gasteiger partial charge in [0.25, 0.3) is 5.91 Å². The zero-order chi connectivity index (χ0) is 23.4. The molecule has 1 aliphatic carbocycles. The molecule has 0 unspecified atom stereocenters. The minimum Gasteiger partial charge on any atom is -0.475 e. The van der Waals surface area contributed by atoms with Crippen LogP contribution in [0.25, 0.3) is 0 Å². The van der Waals surface area contributed by atoms with Crippen molar-refractivity contribution in [1.29, 1.82) is 0 Å². The predicted molar refractivity (Wildman–Crippen MR) is 131 cm³/mol. The molecule has 4 rings (SSSR count). The minimum absolute atomic E-state index is 0.0148. The molecule has 1 aliphatic heterocycles. The van der Waals surface area contributed by atoms with Crippen molar-refractivity contribution in [2.45, 2.75) is 44.1 Å². The topological polar surface area (TPSA) is 55.8 Å². The van der Waals surface area contributed by atoms with Crippen molar-refractivity contribution < 1.29 is 23.6 Å². The molecule has 0 N–H and O–H groups in total. The standard InChI is InChI=1S/C22H21Br2ClFNO4Si/c1-32(2,3)9-8-30-27-19-16(31-22(6-7-22)21(27)29)11-14(23)17(18(19)24)20(28)13-10-12(26)4-5-15(13)25/h4-5,10-11H,6-9H2,1-3H3. The summed E-state index contributed by atoms with van der Waals surface area (Å²) in [6.45, 7) is 7.04. The van der Waals surface area contributed by atoms with Crippen molar-refractivity contribution in [1.82, 2.24) is 0 Å². The van der Waals surface area contributed by atoms with Crippen molar-refractivity contribution >= 4 is 68.9 Å². The van der Waals surface area contributed by atoms with E-state index in [-0.39, 0.29) is 22.1 Å². The van der Waals surface area contributed by atoms with Gasteiger partial charge in [-0.1, -0.05) is 31.2 Å². The van der Waals surface area contributed by atoms with Crippen LogP contribution in [0.15, 0.2) is 33.2 Å². The Kier molecular flexibility index (Phi) is 6.35. The Morgan fingerprint density at radius 1 is 1.28 bits per heavy atom. The van der Waals surface area contributed by atoms with E-state index in [0.717, 1.165) is 12.1 Å². The van der Waals surface area contributed by atoms with Crippen LogP contribution in [-0.4, -0.2) is 32.0 Å². The summed E-state index contributed by atoms with van der Waals surface area (Å²) in [4.78, 5) is 32.5. The second-order valence-corrected chi connectivity index (χ2v) is 16.9. The zero-order valence-electron chi connectivity index (χ0n) is 17.7. The molecule has 5 nitrogen and oxygen atoms in total. The summed E-state index contributed by atoms with van der Waals surface area (Å²) in [7, 11) is -1.40. The Hall–Kier alpha value is -1.26. The maximum atomic E-state index is 13.8. The van der Waals surface area contributed by atoms with Crippen molar-refractivity contribution in [2.24, 2.45) is 0 Å². The van der Waals surface area contributed by atoms with Crippen molar-refractivity contribution in [3.05, 3.63) is 55.2 Å². The van der Waals surface area contributed by atoms with Gasteiger partial charge >= 0.3 is 0 Å². The molecule has 1 fully saturated rings. The number of hydroxylamine groups is 1. The van der Waals surface area contributed by atoms with Gasteiger partial charge in [-0.05, 0) is 62.2 Å². The van der Waals surface area contributed by atoms with Crippen LogP contribution in [0, 0.1) is 5.82 Å². The number of hydrogen-bond acceptors (Lipinski definition) is 4. The molecule has 10 heteroatoms. The normalized spacial score (nSPS) is 16.7. The van der Waals surface area contributed by atoms with E-state index in [4.69, 9.17) is 21.2 Å². The largest absolute Gasteiger partial charge is 0.475 e. The molecule has 32 heavy (non-hydrogen) atoms. The van der Waals surface area contributed by atoms with Crippen LogP contribution in [-0.2, 0) is 9.63 Å². The third-order valence-electron chi connectivity index (χ3n) is 5.42. The highest BCUT2D eigenvalue weighted by Gasteiger charge is 2.59. The number of amides is 1. The fraction of sp³-hybridized carbons (Fsp3) is 0.364. The van der Waals surface area contributed by atoms with Crippen LogP contribution in [0.3, 0.4) is 0 Å². The lowest BCUT2D eigenvalue weighted by Crippen LogP contribution is -2.48. The molecular formula is C22H21Br2ClFNO4Si.